The van der Waals surface area contributed by atoms with Crippen LogP contribution in [0, 0.1) is 0 Å². The van der Waals surface area contributed by atoms with Gasteiger partial charge in [-0.25, -0.2) is 0 Å². The Morgan fingerprint density at radius 1 is 1.31 bits per heavy atom. The van der Waals surface area contributed by atoms with E-state index in [1.54, 1.807) is 6.07 Å². The molecule has 68 valence electrons. The third-order valence-corrected chi connectivity index (χ3v) is 1.46. The average molecular weight is 178 g/mol. The molecule has 0 spiro atoms. The molecule has 1 aromatic rings. The molecule has 0 unspecified atom stereocenters. The largest absolute Gasteiger partial charge is 0.396 e. The molecule has 0 aliphatic rings. The molecule has 4 heteroatoms. The summed E-state index contributed by atoms with van der Waals surface area (Å²) in [6, 6.07) is 5.88. The zero-order valence-corrected chi connectivity index (χ0v) is 7.20. The van der Waals surface area contributed by atoms with E-state index >= 15 is 0 Å². The molecule has 0 fully saturated rings. The Kier molecular flexibility index (Phi) is 2.64. The predicted molar refractivity (Wildman–Crippen MR) is 51.4 cm³/mol. The molecule has 0 aliphatic heterocycles. The number of hydrogen-bond donors (Lipinski definition) is 2. The quantitative estimate of drug-likeness (QED) is 0.661. The summed E-state index contributed by atoms with van der Waals surface area (Å²) >= 11 is 0. The topological polar surface area (TPSA) is 72.2 Å². The smallest absolute Gasteiger partial charge is 0.221 e. The van der Waals surface area contributed by atoms with Gasteiger partial charge in [0.1, 0.15) is 0 Å². The van der Waals surface area contributed by atoms with Crippen molar-refractivity contribution in [1.82, 2.24) is 0 Å². The Morgan fingerprint density at radius 3 is 2.54 bits per heavy atom. The van der Waals surface area contributed by atoms with Gasteiger partial charge in [0, 0.05) is 12.6 Å². The van der Waals surface area contributed by atoms with Gasteiger partial charge < -0.3 is 11.1 Å². The molecule has 1 rings (SSSR count). The molecule has 0 heterocycles. The number of hydrogen-bond acceptors (Lipinski definition) is 3. The van der Waals surface area contributed by atoms with Crippen LogP contribution >= 0.6 is 0 Å². The summed E-state index contributed by atoms with van der Waals surface area (Å²) < 4.78 is 0. The Morgan fingerprint density at radius 2 is 1.92 bits per heavy atom. The lowest BCUT2D eigenvalue weighted by atomic mass is 10.4. The van der Waals surface area contributed by atoms with Crippen molar-refractivity contribution in [3.8, 4) is 0 Å². The highest BCUT2D eigenvalue weighted by Crippen LogP contribution is 2.04. The van der Waals surface area contributed by atoms with E-state index in [0.717, 1.165) is 0 Å². The Hall–Kier alpha value is -1.84. The van der Waals surface area contributed by atoms with Crippen LogP contribution < -0.4 is 16.5 Å². The standard InChI is InChI=1S/C9H10N2O2/c1-6(12)11-7-2-4-8(10)9(13)5-3-7/h2-5H,1H3,(H2,10,13)(H,11,12). The minimum atomic E-state index is -0.253. The van der Waals surface area contributed by atoms with E-state index in [1.165, 1.54) is 25.1 Å². The van der Waals surface area contributed by atoms with Gasteiger partial charge in [-0.05, 0) is 24.3 Å². The number of amides is 1. The first-order valence-electron chi connectivity index (χ1n) is 3.77. The van der Waals surface area contributed by atoms with E-state index in [9.17, 15) is 9.59 Å². The first-order valence-corrected chi connectivity index (χ1v) is 3.77. The van der Waals surface area contributed by atoms with Crippen LogP contribution in [0.25, 0.3) is 0 Å². The van der Waals surface area contributed by atoms with Gasteiger partial charge in [-0.2, -0.15) is 0 Å². The van der Waals surface area contributed by atoms with Gasteiger partial charge in [0.2, 0.25) is 11.3 Å². The van der Waals surface area contributed by atoms with Crippen molar-refractivity contribution in [2.24, 2.45) is 0 Å². The lowest BCUT2D eigenvalue weighted by molar-refractivity contribution is -0.114. The zero-order chi connectivity index (χ0) is 9.84. The van der Waals surface area contributed by atoms with E-state index < -0.39 is 0 Å². The van der Waals surface area contributed by atoms with Crippen LogP contribution in [0.2, 0.25) is 0 Å². The van der Waals surface area contributed by atoms with Gasteiger partial charge in [-0.3, -0.25) is 9.59 Å². The van der Waals surface area contributed by atoms with Gasteiger partial charge in [0.15, 0.2) is 0 Å². The fourth-order valence-corrected chi connectivity index (χ4v) is 0.866. The third kappa shape index (κ3) is 2.59. The highest BCUT2D eigenvalue weighted by atomic mass is 16.1. The molecule has 0 bridgehead atoms. The zero-order valence-electron chi connectivity index (χ0n) is 7.20. The summed E-state index contributed by atoms with van der Waals surface area (Å²) in [6.45, 7) is 1.40. The summed E-state index contributed by atoms with van der Waals surface area (Å²) in [5.41, 5.74) is 5.84. The van der Waals surface area contributed by atoms with Crippen LogP contribution in [0.4, 0.5) is 11.4 Å². The van der Waals surface area contributed by atoms with Crippen molar-refractivity contribution in [3.63, 3.8) is 0 Å². The van der Waals surface area contributed by atoms with Crippen molar-refractivity contribution in [2.75, 3.05) is 11.1 Å². The van der Waals surface area contributed by atoms with Crippen molar-refractivity contribution >= 4 is 17.3 Å². The van der Waals surface area contributed by atoms with Crippen LogP contribution in [0.5, 0.6) is 0 Å². The van der Waals surface area contributed by atoms with Crippen LogP contribution in [-0.2, 0) is 4.79 Å². The second-order valence-corrected chi connectivity index (χ2v) is 2.62. The van der Waals surface area contributed by atoms with E-state index in [-0.39, 0.29) is 17.0 Å². The number of nitrogens with two attached hydrogens (primary N) is 1. The second-order valence-electron chi connectivity index (χ2n) is 2.62. The number of carbonyl (C=O) groups is 1. The van der Waals surface area contributed by atoms with Gasteiger partial charge >= 0.3 is 0 Å². The van der Waals surface area contributed by atoms with Crippen LogP contribution in [-0.4, -0.2) is 5.91 Å². The average Bonchev–Trinajstić information content (AvgIpc) is 2.19. The highest BCUT2D eigenvalue weighted by molar-refractivity contribution is 5.88. The molecule has 1 amide bonds. The summed E-state index contributed by atoms with van der Waals surface area (Å²) in [5.74, 6) is -0.183. The van der Waals surface area contributed by atoms with Gasteiger partial charge in [0.25, 0.3) is 0 Å². The van der Waals surface area contributed by atoms with Crippen LogP contribution in [0.3, 0.4) is 0 Å². The lowest BCUT2D eigenvalue weighted by Crippen LogP contribution is -2.04. The van der Waals surface area contributed by atoms with Gasteiger partial charge in [-0.15, -0.1) is 0 Å². The number of rotatable bonds is 1. The lowest BCUT2D eigenvalue weighted by Gasteiger charge is -1.95. The number of anilines is 2. The maximum Gasteiger partial charge on any atom is 0.221 e. The SMILES string of the molecule is CC(=O)Nc1ccc(N)c(=O)cc1. The van der Waals surface area contributed by atoms with E-state index in [2.05, 4.69) is 5.32 Å². The van der Waals surface area contributed by atoms with Gasteiger partial charge in [-0.1, -0.05) is 0 Å². The molecule has 0 aliphatic carbocycles. The Balaban J connectivity index is 3.09. The Bertz CT molecular complexity index is 388. The van der Waals surface area contributed by atoms with Crippen molar-refractivity contribution in [3.05, 3.63) is 34.5 Å². The fourth-order valence-electron chi connectivity index (χ4n) is 0.866. The molecule has 1 aromatic carbocycles. The minimum absolute atomic E-state index is 0.164. The molecule has 0 saturated carbocycles. The van der Waals surface area contributed by atoms with Crippen molar-refractivity contribution in [2.45, 2.75) is 6.92 Å². The summed E-state index contributed by atoms with van der Waals surface area (Å²) in [6.07, 6.45) is 0. The second kappa shape index (κ2) is 3.71. The van der Waals surface area contributed by atoms with Crippen molar-refractivity contribution < 1.29 is 4.79 Å². The number of nitrogen functional groups attached to an aromatic ring is 1. The highest BCUT2D eigenvalue weighted by Gasteiger charge is 1.94. The maximum absolute atomic E-state index is 11.0. The van der Waals surface area contributed by atoms with E-state index in [0.29, 0.717) is 5.69 Å². The Labute approximate surface area is 75.4 Å². The fraction of sp³-hybridized carbons (Fsp3) is 0.111. The van der Waals surface area contributed by atoms with E-state index in [1.807, 2.05) is 0 Å². The molecule has 0 atom stereocenters. The molecule has 0 saturated heterocycles. The molecule has 0 radical (unpaired) electrons. The van der Waals surface area contributed by atoms with Gasteiger partial charge in [0.05, 0.1) is 5.69 Å². The molecule has 0 aromatic heterocycles. The third-order valence-electron chi connectivity index (χ3n) is 1.46. The first-order chi connectivity index (χ1) is 6.09. The summed E-state index contributed by atoms with van der Waals surface area (Å²) in [4.78, 5) is 21.7. The van der Waals surface area contributed by atoms with Crippen LogP contribution in [0.1, 0.15) is 6.92 Å². The number of carbonyl (C=O) groups excluding carboxylic acids is 1. The normalized spacial score (nSPS) is 9.31. The molecule has 13 heavy (non-hydrogen) atoms. The summed E-state index contributed by atoms with van der Waals surface area (Å²) in [5, 5.41) is 2.55. The minimum Gasteiger partial charge on any atom is -0.396 e. The maximum atomic E-state index is 11.0. The van der Waals surface area contributed by atoms with Crippen molar-refractivity contribution in [1.29, 1.82) is 0 Å². The molecule has 3 N–H and O–H groups in total. The predicted octanol–water partition coefficient (Wildman–Crippen LogP) is 0.587. The molecular formula is C9H10N2O2. The summed E-state index contributed by atoms with van der Waals surface area (Å²) in [7, 11) is 0. The van der Waals surface area contributed by atoms with E-state index in [4.69, 9.17) is 5.73 Å². The monoisotopic (exact) mass is 178 g/mol. The molecular weight excluding hydrogens is 168 g/mol. The molecule has 4 nitrogen and oxygen atoms in total. The van der Waals surface area contributed by atoms with Crippen LogP contribution in [0.15, 0.2) is 29.1 Å². The number of nitrogens with one attached hydrogen (secondary N) is 1. The first kappa shape index (κ1) is 9.25.